The van der Waals surface area contributed by atoms with Crippen molar-refractivity contribution in [2.45, 2.75) is 12.7 Å². The summed E-state index contributed by atoms with van der Waals surface area (Å²) in [5, 5.41) is 2.72. The molecule has 0 atom stereocenters. The Morgan fingerprint density at radius 3 is 2.61 bits per heavy atom. The van der Waals surface area contributed by atoms with Gasteiger partial charge < -0.3 is 9.88 Å². The van der Waals surface area contributed by atoms with Crippen LogP contribution in [-0.4, -0.2) is 35.4 Å². The SMILES string of the molecule is O=C(Cn1cnc(-c2ccnc(C(F)(F)F)c2)c1)Nc1ncccc1-c1cncnc1. The summed E-state index contributed by atoms with van der Waals surface area (Å²) in [4.78, 5) is 32.1. The predicted octanol–water partition coefficient (Wildman–Crippen LogP) is 3.45. The molecule has 8 nitrogen and oxygen atoms in total. The lowest BCUT2D eigenvalue weighted by Gasteiger charge is -2.10. The van der Waals surface area contributed by atoms with Gasteiger partial charge in [-0.3, -0.25) is 9.78 Å². The average molecular weight is 425 g/mol. The molecule has 0 spiro atoms. The van der Waals surface area contributed by atoms with Crippen LogP contribution < -0.4 is 5.32 Å². The van der Waals surface area contributed by atoms with E-state index in [-0.39, 0.29) is 18.0 Å². The summed E-state index contributed by atoms with van der Waals surface area (Å²) in [6, 6.07) is 5.83. The van der Waals surface area contributed by atoms with E-state index in [1.165, 1.54) is 29.5 Å². The molecule has 1 amide bonds. The number of pyridine rings is 2. The van der Waals surface area contributed by atoms with Crippen LogP contribution in [0.3, 0.4) is 0 Å². The van der Waals surface area contributed by atoms with Gasteiger partial charge in [0.2, 0.25) is 5.91 Å². The predicted molar refractivity (Wildman–Crippen MR) is 104 cm³/mol. The van der Waals surface area contributed by atoms with E-state index in [9.17, 15) is 18.0 Å². The third-order valence-electron chi connectivity index (χ3n) is 4.24. The van der Waals surface area contributed by atoms with E-state index in [2.05, 4.69) is 30.2 Å². The molecule has 4 rings (SSSR count). The van der Waals surface area contributed by atoms with Gasteiger partial charge in [0.1, 0.15) is 24.4 Å². The molecule has 0 aliphatic rings. The lowest BCUT2D eigenvalue weighted by atomic mass is 10.1. The molecule has 0 aliphatic carbocycles. The summed E-state index contributed by atoms with van der Waals surface area (Å²) in [5.41, 5.74) is 0.872. The van der Waals surface area contributed by atoms with Crippen molar-refractivity contribution < 1.29 is 18.0 Å². The van der Waals surface area contributed by atoms with Crippen molar-refractivity contribution >= 4 is 11.7 Å². The zero-order chi connectivity index (χ0) is 21.8. The molecule has 156 valence electrons. The second-order valence-corrected chi connectivity index (χ2v) is 6.43. The Morgan fingerprint density at radius 2 is 1.84 bits per heavy atom. The molecule has 0 saturated heterocycles. The first-order valence-corrected chi connectivity index (χ1v) is 8.96. The van der Waals surface area contributed by atoms with Crippen molar-refractivity contribution in [2.24, 2.45) is 0 Å². The minimum atomic E-state index is -4.55. The number of nitrogens with zero attached hydrogens (tertiary/aromatic N) is 6. The Morgan fingerprint density at radius 1 is 1.03 bits per heavy atom. The standard InChI is InChI=1S/C20H14F3N7O/c21-20(22,23)17-6-13(3-5-26-17)16-9-30(12-28-16)10-18(31)29-19-15(2-1-4-27-19)14-7-24-11-25-8-14/h1-9,11-12H,10H2,(H,27,29,31). The maximum Gasteiger partial charge on any atom is 0.433 e. The molecule has 1 N–H and O–H groups in total. The third-order valence-corrected chi connectivity index (χ3v) is 4.24. The maximum absolute atomic E-state index is 12.9. The van der Waals surface area contributed by atoms with Crippen LogP contribution in [0.25, 0.3) is 22.4 Å². The summed E-state index contributed by atoms with van der Waals surface area (Å²) < 4.78 is 40.1. The van der Waals surface area contributed by atoms with Crippen molar-refractivity contribution in [1.82, 2.24) is 29.5 Å². The molecule has 0 fully saturated rings. The second-order valence-electron chi connectivity index (χ2n) is 6.43. The minimum absolute atomic E-state index is 0.106. The van der Waals surface area contributed by atoms with Crippen molar-refractivity contribution in [3.63, 3.8) is 0 Å². The summed E-state index contributed by atoms with van der Waals surface area (Å²) in [6.45, 7) is -0.106. The number of anilines is 1. The van der Waals surface area contributed by atoms with Crippen LogP contribution >= 0.6 is 0 Å². The Bertz CT molecular complexity index is 1210. The molecule has 31 heavy (non-hydrogen) atoms. The van der Waals surface area contributed by atoms with Crippen LogP contribution in [0.5, 0.6) is 0 Å². The second kappa shape index (κ2) is 8.30. The lowest BCUT2D eigenvalue weighted by molar-refractivity contribution is -0.141. The highest BCUT2D eigenvalue weighted by atomic mass is 19.4. The molecular formula is C20H14F3N7O. The third kappa shape index (κ3) is 4.71. The first-order valence-electron chi connectivity index (χ1n) is 8.96. The molecule has 4 heterocycles. The first kappa shape index (κ1) is 20.1. The van der Waals surface area contributed by atoms with E-state index in [0.29, 0.717) is 22.6 Å². The molecule has 11 heteroatoms. The topological polar surface area (TPSA) is 98.5 Å². The van der Waals surface area contributed by atoms with E-state index in [4.69, 9.17) is 0 Å². The molecule has 0 unspecified atom stereocenters. The number of nitrogens with one attached hydrogen (secondary N) is 1. The Labute approximate surface area is 173 Å². The normalized spacial score (nSPS) is 11.3. The van der Waals surface area contributed by atoms with Crippen LogP contribution in [0.4, 0.5) is 19.0 Å². The molecule has 0 bridgehead atoms. The molecule has 0 aliphatic heterocycles. The lowest BCUT2D eigenvalue weighted by Crippen LogP contribution is -2.19. The molecule has 0 radical (unpaired) electrons. The molecular weight excluding hydrogens is 411 g/mol. The molecule has 4 aromatic rings. The summed E-state index contributed by atoms with van der Waals surface area (Å²) >= 11 is 0. The summed E-state index contributed by atoms with van der Waals surface area (Å²) in [7, 11) is 0. The average Bonchev–Trinajstić information content (AvgIpc) is 3.22. The Kier molecular flexibility index (Phi) is 5.39. The van der Waals surface area contributed by atoms with Gasteiger partial charge in [0, 0.05) is 47.7 Å². The first-order chi connectivity index (χ1) is 14.9. The monoisotopic (exact) mass is 425 g/mol. The molecule has 4 aromatic heterocycles. The van der Waals surface area contributed by atoms with E-state index in [1.807, 2.05) is 0 Å². The summed E-state index contributed by atoms with van der Waals surface area (Å²) in [5.74, 6) is -0.0435. The van der Waals surface area contributed by atoms with Gasteiger partial charge in [0.15, 0.2) is 0 Å². The van der Waals surface area contributed by atoms with Crippen molar-refractivity contribution in [3.05, 3.63) is 73.6 Å². The molecule has 0 saturated carbocycles. The van der Waals surface area contributed by atoms with Crippen molar-refractivity contribution in [3.8, 4) is 22.4 Å². The van der Waals surface area contributed by atoms with Gasteiger partial charge in [0.25, 0.3) is 0 Å². The zero-order valence-electron chi connectivity index (χ0n) is 15.8. The maximum atomic E-state index is 12.9. The van der Waals surface area contributed by atoms with E-state index < -0.39 is 11.9 Å². The van der Waals surface area contributed by atoms with Gasteiger partial charge in [-0.15, -0.1) is 0 Å². The van der Waals surface area contributed by atoms with Crippen LogP contribution in [0.1, 0.15) is 5.69 Å². The van der Waals surface area contributed by atoms with Gasteiger partial charge in [-0.1, -0.05) is 0 Å². The highest BCUT2D eigenvalue weighted by Gasteiger charge is 2.32. The number of aromatic nitrogens is 6. The number of halogens is 3. The van der Waals surface area contributed by atoms with Gasteiger partial charge in [-0.2, -0.15) is 13.2 Å². The quantitative estimate of drug-likeness (QED) is 0.526. The number of carbonyl (C=O) groups excluding carboxylic acids is 1. The van der Waals surface area contributed by atoms with Gasteiger partial charge in [0.05, 0.1) is 12.0 Å². The molecule has 0 aromatic carbocycles. The minimum Gasteiger partial charge on any atom is -0.327 e. The van der Waals surface area contributed by atoms with Gasteiger partial charge in [-0.05, 0) is 24.3 Å². The highest BCUT2D eigenvalue weighted by molar-refractivity contribution is 5.93. The Hall–Kier alpha value is -4.15. The van der Waals surface area contributed by atoms with Crippen LogP contribution in [0.2, 0.25) is 0 Å². The largest absolute Gasteiger partial charge is 0.433 e. The summed E-state index contributed by atoms with van der Waals surface area (Å²) in [6.07, 6.45) is 5.52. The van der Waals surface area contributed by atoms with Crippen LogP contribution in [0, 0.1) is 0 Å². The van der Waals surface area contributed by atoms with E-state index >= 15 is 0 Å². The van der Waals surface area contributed by atoms with E-state index in [1.54, 1.807) is 30.7 Å². The number of carbonyl (C=O) groups is 1. The van der Waals surface area contributed by atoms with Crippen molar-refractivity contribution in [2.75, 3.05) is 5.32 Å². The van der Waals surface area contributed by atoms with E-state index in [0.717, 1.165) is 12.3 Å². The fourth-order valence-electron chi connectivity index (χ4n) is 2.85. The van der Waals surface area contributed by atoms with Crippen molar-refractivity contribution in [1.29, 1.82) is 0 Å². The number of hydrogen-bond donors (Lipinski definition) is 1. The smallest absolute Gasteiger partial charge is 0.327 e. The Balaban J connectivity index is 1.49. The number of hydrogen-bond acceptors (Lipinski definition) is 6. The number of amides is 1. The zero-order valence-corrected chi connectivity index (χ0v) is 15.8. The number of rotatable bonds is 5. The number of imidazole rings is 1. The van der Waals surface area contributed by atoms with Crippen LogP contribution in [-0.2, 0) is 17.5 Å². The van der Waals surface area contributed by atoms with Crippen LogP contribution in [0.15, 0.2) is 67.9 Å². The number of alkyl halides is 3. The fraction of sp³-hybridized carbons (Fsp3) is 0.100. The van der Waals surface area contributed by atoms with Gasteiger partial charge in [-0.25, -0.2) is 19.9 Å². The van der Waals surface area contributed by atoms with Gasteiger partial charge >= 0.3 is 6.18 Å². The highest BCUT2D eigenvalue weighted by Crippen LogP contribution is 2.30. The fourth-order valence-corrected chi connectivity index (χ4v) is 2.85.